The maximum Gasteiger partial charge on any atom is 0.228 e. The molecule has 3 heteroatoms. The van der Waals surface area contributed by atoms with Gasteiger partial charge in [0.05, 0.1) is 0 Å². The minimum absolute atomic E-state index is 0.0839. The first-order chi connectivity index (χ1) is 8.03. The predicted octanol–water partition coefficient (Wildman–Crippen LogP) is 2.15. The van der Waals surface area contributed by atoms with Crippen LogP contribution in [0.3, 0.4) is 0 Å². The van der Waals surface area contributed by atoms with Crippen LogP contribution in [0.25, 0.3) is 0 Å². The summed E-state index contributed by atoms with van der Waals surface area (Å²) in [5, 5.41) is 0. The highest BCUT2D eigenvalue weighted by atomic mass is 16.2. The summed E-state index contributed by atoms with van der Waals surface area (Å²) in [4.78, 5) is 14.7. The number of nitrogens with two attached hydrogens (primary N) is 1. The molecule has 0 spiro atoms. The van der Waals surface area contributed by atoms with Crippen molar-refractivity contribution in [3.63, 3.8) is 0 Å². The first-order valence-electron chi connectivity index (χ1n) is 7.08. The van der Waals surface area contributed by atoms with Crippen LogP contribution in [-0.4, -0.2) is 29.9 Å². The minimum atomic E-state index is -0.0839. The standard InChI is InChI=1S/C14H26N2O/c1-11-10-16(9-6-12(11)15)13(17)14(2)7-4-3-5-8-14/h11-12H,3-10,15H2,1-2H3. The second-order valence-electron chi connectivity index (χ2n) is 6.30. The van der Waals surface area contributed by atoms with E-state index in [9.17, 15) is 4.79 Å². The lowest BCUT2D eigenvalue weighted by atomic mass is 9.74. The number of carbonyl (C=O) groups excluding carboxylic acids is 1. The number of hydrogen-bond acceptors (Lipinski definition) is 2. The van der Waals surface area contributed by atoms with E-state index in [2.05, 4.69) is 18.7 Å². The zero-order valence-corrected chi connectivity index (χ0v) is 11.2. The molecule has 1 saturated heterocycles. The van der Waals surface area contributed by atoms with Crippen molar-refractivity contribution in [3.05, 3.63) is 0 Å². The van der Waals surface area contributed by atoms with E-state index in [1.54, 1.807) is 0 Å². The second-order valence-corrected chi connectivity index (χ2v) is 6.30. The quantitative estimate of drug-likeness (QED) is 0.761. The molecule has 2 unspecified atom stereocenters. The van der Waals surface area contributed by atoms with Crippen LogP contribution in [0.1, 0.15) is 52.4 Å². The van der Waals surface area contributed by atoms with Crippen molar-refractivity contribution >= 4 is 5.91 Å². The van der Waals surface area contributed by atoms with E-state index in [1.165, 1.54) is 19.3 Å². The lowest BCUT2D eigenvalue weighted by Gasteiger charge is -2.41. The van der Waals surface area contributed by atoms with Crippen LogP contribution in [0.4, 0.5) is 0 Å². The molecule has 3 nitrogen and oxygen atoms in total. The Morgan fingerprint density at radius 1 is 1.29 bits per heavy atom. The van der Waals surface area contributed by atoms with Gasteiger partial charge in [-0.2, -0.15) is 0 Å². The molecule has 2 atom stereocenters. The molecule has 2 N–H and O–H groups in total. The molecule has 98 valence electrons. The molecule has 0 bridgehead atoms. The van der Waals surface area contributed by atoms with Crippen molar-refractivity contribution < 1.29 is 4.79 Å². The SMILES string of the molecule is CC1CN(C(=O)C2(C)CCCCC2)CCC1N. The molecule has 1 saturated carbocycles. The maximum absolute atomic E-state index is 12.6. The number of nitrogens with zero attached hydrogens (tertiary/aromatic N) is 1. The summed E-state index contributed by atoms with van der Waals surface area (Å²) in [6.07, 6.45) is 6.83. The highest BCUT2D eigenvalue weighted by Crippen LogP contribution is 2.38. The molecule has 2 fully saturated rings. The first kappa shape index (κ1) is 12.9. The third-order valence-electron chi connectivity index (χ3n) is 4.73. The molecule has 1 heterocycles. The molecular weight excluding hydrogens is 212 g/mol. The van der Waals surface area contributed by atoms with Gasteiger partial charge in [-0.25, -0.2) is 0 Å². The lowest BCUT2D eigenvalue weighted by molar-refractivity contribution is -0.145. The molecule has 0 aromatic carbocycles. The molecule has 17 heavy (non-hydrogen) atoms. The van der Waals surface area contributed by atoms with Crippen molar-refractivity contribution in [3.8, 4) is 0 Å². The Bertz CT molecular complexity index is 284. The molecule has 1 aliphatic carbocycles. The van der Waals surface area contributed by atoms with Crippen LogP contribution in [-0.2, 0) is 4.79 Å². The Morgan fingerprint density at radius 3 is 2.53 bits per heavy atom. The maximum atomic E-state index is 12.6. The van der Waals surface area contributed by atoms with E-state index in [4.69, 9.17) is 5.73 Å². The topological polar surface area (TPSA) is 46.3 Å². The summed E-state index contributed by atoms with van der Waals surface area (Å²) in [6, 6.07) is 0.276. The van der Waals surface area contributed by atoms with Gasteiger partial charge in [0.2, 0.25) is 5.91 Å². The molecule has 0 aromatic heterocycles. The third-order valence-corrected chi connectivity index (χ3v) is 4.73. The number of hydrogen-bond donors (Lipinski definition) is 1. The Balaban J connectivity index is 1.99. The van der Waals surface area contributed by atoms with Crippen LogP contribution >= 0.6 is 0 Å². The van der Waals surface area contributed by atoms with Gasteiger partial charge in [-0.3, -0.25) is 4.79 Å². The molecule has 1 aliphatic heterocycles. The van der Waals surface area contributed by atoms with Crippen molar-refractivity contribution in [2.75, 3.05) is 13.1 Å². The Morgan fingerprint density at radius 2 is 1.94 bits per heavy atom. The van der Waals surface area contributed by atoms with Gasteiger partial charge in [-0.15, -0.1) is 0 Å². The number of likely N-dealkylation sites (tertiary alicyclic amines) is 1. The van der Waals surface area contributed by atoms with Gasteiger partial charge in [0.15, 0.2) is 0 Å². The molecule has 1 amide bonds. The smallest absolute Gasteiger partial charge is 0.228 e. The highest BCUT2D eigenvalue weighted by Gasteiger charge is 2.39. The van der Waals surface area contributed by atoms with Crippen molar-refractivity contribution in [1.29, 1.82) is 0 Å². The van der Waals surface area contributed by atoms with Gasteiger partial charge in [0, 0.05) is 24.5 Å². The second kappa shape index (κ2) is 4.97. The Labute approximate surface area is 105 Å². The number of amides is 1. The molecule has 2 rings (SSSR count). The van der Waals surface area contributed by atoms with Gasteiger partial charge < -0.3 is 10.6 Å². The van der Waals surface area contributed by atoms with Gasteiger partial charge >= 0.3 is 0 Å². The van der Waals surface area contributed by atoms with Crippen LogP contribution in [0, 0.1) is 11.3 Å². The van der Waals surface area contributed by atoms with Gasteiger partial charge in [0.1, 0.15) is 0 Å². The summed E-state index contributed by atoms with van der Waals surface area (Å²) in [6.45, 7) is 6.04. The van der Waals surface area contributed by atoms with Crippen molar-refractivity contribution in [1.82, 2.24) is 4.90 Å². The third kappa shape index (κ3) is 2.65. The van der Waals surface area contributed by atoms with Crippen LogP contribution in [0.5, 0.6) is 0 Å². The molecule has 2 aliphatic rings. The molecular formula is C14H26N2O. The lowest BCUT2D eigenvalue weighted by Crippen LogP contribution is -2.52. The Kier molecular flexibility index (Phi) is 3.76. The van der Waals surface area contributed by atoms with Crippen LogP contribution < -0.4 is 5.73 Å². The van der Waals surface area contributed by atoms with Crippen LogP contribution in [0.15, 0.2) is 0 Å². The molecule has 0 radical (unpaired) electrons. The van der Waals surface area contributed by atoms with E-state index in [-0.39, 0.29) is 11.5 Å². The highest BCUT2D eigenvalue weighted by molar-refractivity contribution is 5.82. The first-order valence-corrected chi connectivity index (χ1v) is 7.08. The van der Waals surface area contributed by atoms with E-state index in [0.29, 0.717) is 11.8 Å². The van der Waals surface area contributed by atoms with Crippen molar-refractivity contribution in [2.24, 2.45) is 17.1 Å². The fourth-order valence-electron chi connectivity index (χ4n) is 3.28. The van der Waals surface area contributed by atoms with Gasteiger partial charge in [-0.1, -0.05) is 33.1 Å². The zero-order chi connectivity index (χ0) is 12.5. The van der Waals surface area contributed by atoms with E-state index in [0.717, 1.165) is 32.4 Å². The number of rotatable bonds is 1. The summed E-state index contributed by atoms with van der Waals surface area (Å²) in [5.41, 5.74) is 5.93. The molecule has 0 aromatic rings. The Hall–Kier alpha value is -0.570. The monoisotopic (exact) mass is 238 g/mol. The average molecular weight is 238 g/mol. The minimum Gasteiger partial charge on any atom is -0.342 e. The fourth-order valence-corrected chi connectivity index (χ4v) is 3.28. The summed E-state index contributed by atoms with van der Waals surface area (Å²) in [7, 11) is 0. The van der Waals surface area contributed by atoms with E-state index in [1.807, 2.05) is 0 Å². The van der Waals surface area contributed by atoms with E-state index >= 15 is 0 Å². The zero-order valence-electron chi connectivity index (χ0n) is 11.2. The van der Waals surface area contributed by atoms with Crippen molar-refractivity contribution in [2.45, 2.75) is 58.4 Å². The van der Waals surface area contributed by atoms with Crippen LogP contribution in [0.2, 0.25) is 0 Å². The average Bonchev–Trinajstić information content (AvgIpc) is 2.33. The largest absolute Gasteiger partial charge is 0.342 e. The number of piperidine rings is 1. The predicted molar refractivity (Wildman–Crippen MR) is 69.5 cm³/mol. The normalized spacial score (nSPS) is 33.5. The fraction of sp³-hybridized carbons (Fsp3) is 0.929. The van der Waals surface area contributed by atoms with Gasteiger partial charge in [-0.05, 0) is 25.2 Å². The van der Waals surface area contributed by atoms with Gasteiger partial charge in [0.25, 0.3) is 0 Å². The summed E-state index contributed by atoms with van der Waals surface area (Å²) >= 11 is 0. The van der Waals surface area contributed by atoms with E-state index < -0.39 is 0 Å². The number of carbonyl (C=O) groups is 1. The summed E-state index contributed by atoms with van der Waals surface area (Å²) in [5.74, 6) is 0.829. The summed E-state index contributed by atoms with van der Waals surface area (Å²) < 4.78 is 0.